The van der Waals surface area contributed by atoms with Gasteiger partial charge >= 0.3 is 13.1 Å². The molecular weight excluding hydrogens is 360 g/mol. The van der Waals surface area contributed by atoms with Crippen molar-refractivity contribution >= 4 is 25.5 Å². The zero-order valence-electron chi connectivity index (χ0n) is 13.9. The number of aryl methyl sites for hydroxylation is 1. The fourth-order valence-corrected chi connectivity index (χ4v) is 3.24. The predicted octanol–water partition coefficient (Wildman–Crippen LogP) is 1.21. The molecule has 2 aliphatic heterocycles. The lowest BCUT2D eigenvalue weighted by Crippen LogP contribution is -2.53. The van der Waals surface area contributed by atoms with Crippen LogP contribution < -0.4 is 9.39 Å². The van der Waals surface area contributed by atoms with E-state index in [9.17, 15) is 14.9 Å². The van der Waals surface area contributed by atoms with Crippen molar-refractivity contribution < 1.29 is 24.3 Å². The molecule has 138 valence electrons. The highest BCUT2D eigenvalue weighted by Gasteiger charge is 2.33. The number of rotatable bonds is 5. The van der Waals surface area contributed by atoms with E-state index < -0.39 is 13.1 Å². The van der Waals surface area contributed by atoms with Crippen LogP contribution in [0.3, 0.4) is 0 Å². The first-order valence-corrected chi connectivity index (χ1v) is 8.20. The Morgan fingerprint density at radius 2 is 2.27 bits per heavy atom. The minimum absolute atomic E-state index is 0. The second-order valence-electron chi connectivity index (χ2n) is 6.38. The Hall–Kier alpha value is -2.23. The minimum atomic E-state index is -1.12. The molecule has 1 aromatic carbocycles. The molecule has 0 amide bonds. The van der Waals surface area contributed by atoms with Gasteiger partial charge in [0.05, 0.1) is 6.20 Å². The van der Waals surface area contributed by atoms with Gasteiger partial charge in [0.25, 0.3) is 0 Å². The van der Waals surface area contributed by atoms with Crippen LogP contribution in [0.4, 0.5) is 0 Å². The Kier molecular flexibility index (Phi) is 5.40. The van der Waals surface area contributed by atoms with E-state index in [2.05, 4.69) is 15.1 Å². The van der Waals surface area contributed by atoms with Crippen LogP contribution in [0, 0.1) is 0 Å². The molecule has 3 N–H and O–H groups in total. The number of benzene rings is 1. The molecule has 0 atom stereocenters. The number of ether oxygens (including phenoxy) is 1. The minimum Gasteiger partial charge on any atom is -0.535 e. The van der Waals surface area contributed by atoms with E-state index in [-0.39, 0.29) is 35.6 Å². The molecule has 26 heavy (non-hydrogen) atoms. The molecule has 0 unspecified atom stereocenters. The van der Waals surface area contributed by atoms with Crippen LogP contribution in [0.1, 0.15) is 21.5 Å². The number of aromatic amines is 1. The summed E-state index contributed by atoms with van der Waals surface area (Å²) in [5, 5.41) is 25.9. The van der Waals surface area contributed by atoms with Gasteiger partial charge in [0.2, 0.25) is 0 Å². The molecular formula is C16H19BClN3O5. The molecule has 10 heteroatoms. The standard InChI is InChI=1S/C16H18BN3O5.ClH/c21-16(22)14-13(2-1-11-3-4-17(23)25-15(11)14)24-12-8-20(9-12)7-10-5-18-19-6-10;/h1-2,5-6,12,23H,3-4,7-9H2,(H,18,19)(H,21,22);1H. The van der Waals surface area contributed by atoms with E-state index >= 15 is 0 Å². The van der Waals surface area contributed by atoms with Crippen LogP contribution in [-0.2, 0) is 13.0 Å². The van der Waals surface area contributed by atoms with Gasteiger partial charge in [0.15, 0.2) is 0 Å². The molecule has 8 nitrogen and oxygen atoms in total. The van der Waals surface area contributed by atoms with Gasteiger partial charge in [-0.05, 0) is 24.4 Å². The molecule has 1 fully saturated rings. The van der Waals surface area contributed by atoms with Gasteiger partial charge in [-0.2, -0.15) is 5.10 Å². The fraction of sp³-hybridized carbons (Fsp3) is 0.375. The van der Waals surface area contributed by atoms with Gasteiger partial charge in [0, 0.05) is 31.4 Å². The smallest absolute Gasteiger partial charge is 0.522 e. The highest BCUT2D eigenvalue weighted by Crippen LogP contribution is 2.37. The zero-order chi connectivity index (χ0) is 17.4. The van der Waals surface area contributed by atoms with E-state index in [1.54, 1.807) is 12.3 Å². The number of nitrogens with zero attached hydrogens (tertiary/aromatic N) is 2. The Labute approximate surface area is 156 Å². The zero-order valence-corrected chi connectivity index (χ0v) is 14.7. The highest BCUT2D eigenvalue weighted by atomic mass is 35.5. The van der Waals surface area contributed by atoms with Crippen LogP contribution in [0.15, 0.2) is 24.5 Å². The van der Waals surface area contributed by atoms with Gasteiger partial charge in [-0.15, -0.1) is 12.4 Å². The number of likely N-dealkylation sites (tertiary alicyclic amines) is 1. The monoisotopic (exact) mass is 379 g/mol. The van der Waals surface area contributed by atoms with Crippen LogP contribution in [-0.4, -0.2) is 57.5 Å². The molecule has 1 aromatic heterocycles. The lowest BCUT2D eigenvalue weighted by atomic mass is 9.78. The predicted molar refractivity (Wildman–Crippen MR) is 96.0 cm³/mol. The largest absolute Gasteiger partial charge is 0.535 e. The lowest BCUT2D eigenvalue weighted by Gasteiger charge is -2.39. The molecule has 0 radical (unpaired) electrons. The Morgan fingerprint density at radius 1 is 1.46 bits per heavy atom. The van der Waals surface area contributed by atoms with Gasteiger partial charge < -0.3 is 19.5 Å². The molecule has 2 aliphatic rings. The third kappa shape index (κ3) is 3.65. The maximum atomic E-state index is 11.7. The first kappa shape index (κ1) is 18.6. The first-order valence-electron chi connectivity index (χ1n) is 8.20. The molecule has 3 heterocycles. The van der Waals surface area contributed by atoms with Crippen molar-refractivity contribution in [2.45, 2.75) is 25.4 Å². The first-order chi connectivity index (χ1) is 12.1. The van der Waals surface area contributed by atoms with Gasteiger partial charge in [0.1, 0.15) is 23.2 Å². The highest BCUT2D eigenvalue weighted by molar-refractivity contribution is 6.44. The average Bonchev–Trinajstić information content (AvgIpc) is 3.05. The second-order valence-corrected chi connectivity index (χ2v) is 6.38. The number of carbonyl (C=O) groups is 1. The quantitative estimate of drug-likeness (QED) is 0.670. The van der Waals surface area contributed by atoms with Crippen molar-refractivity contribution in [3.05, 3.63) is 41.2 Å². The van der Waals surface area contributed by atoms with E-state index in [0.29, 0.717) is 25.8 Å². The maximum Gasteiger partial charge on any atom is 0.522 e. The third-order valence-electron chi connectivity index (χ3n) is 4.51. The Morgan fingerprint density at radius 3 is 2.96 bits per heavy atom. The van der Waals surface area contributed by atoms with Crippen LogP contribution in [0.25, 0.3) is 0 Å². The summed E-state index contributed by atoms with van der Waals surface area (Å²) in [6.45, 7) is 2.21. The van der Waals surface area contributed by atoms with E-state index in [1.807, 2.05) is 12.3 Å². The molecule has 2 aromatic rings. The van der Waals surface area contributed by atoms with Crippen molar-refractivity contribution in [3.63, 3.8) is 0 Å². The number of aromatic nitrogens is 2. The number of nitrogens with one attached hydrogen (secondary N) is 1. The van der Waals surface area contributed by atoms with Crippen LogP contribution >= 0.6 is 12.4 Å². The molecule has 0 spiro atoms. The van der Waals surface area contributed by atoms with Crippen molar-refractivity contribution in [1.29, 1.82) is 0 Å². The summed E-state index contributed by atoms with van der Waals surface area (Å²) in [6.07, 6.45) is 4.60. The summed E-state index contributed by atoms with van der Waals surface area (Å²) in [7, 11) is -0.977. The number of H-pyrrole nitrogens is 1. The summed E-state index contributed by atoms with van der Waals surface area (Å²) < 4.78 is 11.2. The molecule has 0 aliphatic carbocycles. The average molecular weight is 380 g/mol. The molecule has 0 bridgehead atoms. The van der Waals surface area contributed by atoms with Crippen molar-refractivity contribution in [2.24, 2.45) is 0 Å². The molecule has 1 saturated heterocycles. The number of hydrogen-bond acceptors (Lipinski definition) is 6. The van der Waals surface area contributed by atoms with Gasteiger partial charge in [-0.3, -0.25) is 10.00 Å². The summed E-state index contributed by atoms with van der Waals surface area (Å²) >= 11 is 0. The number of halogens is 1. The number of aromatic carboxylic acids is 1. The van der Waals surface area contributed by atoms with Crippen molar-refractivity contribution in [1.82, 2.24) is 15.1 Å². The van der Waals surface area contributed by atoms with E-state index in [1.165, 1.54) is 0 Å². The van der Waals surface area contributed by atoms with Crippen LogP contribution in [0.2, 0.25) is 6.32 Å². The van der Waals surface area contributed by atoms with Crippen molar-refractivity contribution in [2.75, 3.05) is 13.1 Å². The maximum absolute atomic E-state index is 11.7. The number of carboxylic acid groups (broad SMARTS) is 1. The lowest BCUT2D eigenvalue weighted by molar-refractivity contribution is 0.0135. The number of fused-ring (bicyclic) bond motifs is 1. The molecule has 0 saturated carbocycles. The number of hydrogen-bond donors (Lipinski definition) is 3. The Balaban J connectivity index is 0.00000196. The summed E-state index contributed by atoms with van der Waals surface area (Å²) in [5.41, 5.74) is 1.87. The Bertz CT molecular complexity index is 782. The van der Waals surface area contributed by atoms with Crippen molar-refractivity contribution in [3.8, 4) is 11.5 Å². The second kappa shape index (κ2) is 7.57. The summed E-state index contributed by atoms with van der Waals surface area (Å²) in [5.74, 6) is -0.609. The van der Waals surface area contributed by atoms with E-state index in [0.717, 1.165) is 17.7 Å². The summed E-state index contributed by atoms with van der Waals surface area (Å²) in [6, 6.07) is 3.49. The summed E-state index contributed by atoms with van der Waals surface area (Å²) in [4.78, 5) is 13.9. The van der Waals surface area contributed by atoms with E-state index in [4.69, 9.17) is 9.39 Å². The SMILES string of the molecule is Cl.O=C(O)c1c(OC2CN(Cc3cn[nH]c3)C2)ccc2c1OB(O)CC2. The normalized spacial score (nSPS) is 16.9. The van der Waals surface area contributed by atoms with Gasteiger partial charge in [-0.1, -0.05) is 6.07 Å². The topological polar surface area (TPSA) is 108 Å². The van der Waals surface area contributed by atoms with Crippen LogP contribution in [0.5, 0.6) is 11.5 Å². The van der Waals surface area contributed by atoms with Gasteiger partial charge in [-0.25, -0.2) is 4.79 Å². The fourth-order valence-electron chi connectivity index (χ4n) is 3.24. The number of carboxylic acids is 1. The third-order valence-corrected chi connectivity index (χ3v) is 4.51. The molecule has 4 rings (SSSR count).